The zero-order valence-corrected chi connectivity index (χ0v) is 92.5. The maximum atomic E-state index is 10.7. The van der Waals surface area contributed by atoms with Crippen molar-refractivity contribution in [2.45, 2.75) is 212 Å². The summed E-state index contributed by atoms with van der Waals surface area (Å²) in [7, 11) is 0. The van der Waals surface area contributed by atoms with E-state index < -0.39 is 5.76 Å². The van der Waals surface area contributed by atoms with Gasteiger partial charge in [-0.25, -0.2) is 24.5 Å². The Balaban J connectivity index is 0.000000781. The highest BCUT2D eigenvalue weighted by Crippen LogP contribution is 2.31. The maximum absolute atomic E-state index is 10.7. The third kappa shape index (κ3) is 48.0. The Morgan fingerprint density at radius 3 is 1.39 bits per heavy atom. The van der Waals surface area contributed by atoms with Crippen LogP contribution in [0.1, 0.15) is 209 Å². The maximum Gasteiger partial charge on any atom is 0.417 e. The fraction of sp³-hybridized carbons (Fsp3) is 0.272. The van der Waals surface area contributed by atoms with Crippen molar-refractivity contribution < 1.29 is 36.6 Å². The normalized spacial score (nSPS) is 10.2. The Bertz CT molecular complexity index is 5960. The van der Waals surface area contributed by atoms with Crippen LogP contribution in [0.2, 0.25) is 0 Å². The molecule has 21 aromatic rings. The van der Waals surface area contributed by atoms with Crippen molar-refractivity contribution in [1.82, 2.24) is 40.1 Å². The molecule has 0 spiro atoms. The fourth-order valence-electron chi connectivity index (χ4n) is 12.5. The largest absolute Gasteiger partial charge is 0.493 e. The molecule has 8 aromatic heterocycles. The van der Waals surface area contributed by atoms with Crippen molar-refractivity contribution in [3.05, 3.63) is 426 Å². The lowest BCUT2D eigenvalue weighted by Crippen LogP contribution is -1.96. The van der Waals surface area contributed by atoms with Crippen LogP contribution in [0.3, 0.4) is 0 Å². The molecule has 0 unspecified atom stereocenters. The Hall–Kier alpha value is -15.8. The predicted octanol–water partition coefficient (Wildman–Crippen LogP) is 37.1. The van der Waals surface area contributed by atoms with Crippen molar-refractivity contribution in [3.8, 4) is 23.0 Å². The molecule has 4 N–H and O–H groups in total. The van der Waals surface area contributed by atoms with E-state index in [0.29, 0.717) is 24.7 Å². The van der Waals surface area contributed by atoms with Gasteiger partial charge in [-0.3, -0.25) is 15.1 Å². The van der Waals surface area contributed by atoms with Gasteiger partial charge in [0.1, 0.15) is 28.2 Å². The standard InChI is InChI=1S/C9H7N.C9H6O2.C9H10.C8H8O.C8H6O.3C7H6N2.C7H5NO2.C7H7NO.C7H5NO.C7H5NS.C7H6O2.13C2H6/c1-2-6-9-8(4-1)5-3-7-10-9;10-9-6-5-7-3-1-2-4-8(7)11-9;1-2-5-9-7-3-6-8(9)4-1;2*1-2-4-8-7(3-1)5-6-9-8;1-2-4-7-6(3-1)8-5-9-7;2*1-2-4-7-6(3-1)5-8-9-7;9-7-8-5-3-1-2-4-6(5)10-7;4*1-2-4-7-6(3-1)8-5-9-7;13*1-2/h1-7H;1-6H;1-2,4-5H,3,6-7H2;1-4H,5-6H2;1-6H;1-5H,(H,8,9);1-4H,5H2;1-5H,(H,8,9);1-4H,(H,8,9);1-4,8H,5H2;2*1-5H;1-4H,5H2;13*1-2H3. The summed E-state index contributed by atoms with van der Waals surface area (Å²) in [6.07, 6.45) is 13.5. The first-order valence-corrected chi connectivity index (χ1v) is 52.9. The summed E-state index contributed by atoms with van der Waals surface area (Å²) in [6, 6.07) is 112. The molecule has 0 bridgehead atoms. The molecule has 0 fully saturated rings. The minimum Gasteiger partial charge on any atom is -0.493 e. The van der Waals surface area contributed by atoms with E-state index in [0.717, 1.165) is 120 Å². The van der Waals surface area contributed by atoms with E-state index in [2.05, 4.69) is 110 Å². The molecule has 782 valence electrons. The minimum atomic E-state index is -0.402. The number of rotatable bonds is 0. The number of aromatic nitrogens is 8. The topological polar surface area (TPSA) is 272 Å². The minimum absolute atomic E-state index is 0.302. The third-order valence-corrected chi connectivity index (χ3v) is 19.4. The number of thiazole rings is 1. The van der Waals surface area contributed by atoms with Gasteiger partial charge in [-0.2, -0.15) is 15.3 Å². The van der Waals surface area contributed by atoms with Crippen molar-refractivity contribution in [2.24, 2.45) is 10.2 Å². The molecule has 12 heterocycles. The Labute approximate surface area is 877 Å². The Morgan fingerprint density at radius 2 is 0.810 bits per heavy atom. The summed E-state index contributed by atoms with van der Waals surface area (Å²) < 4.78 is 41.7. The smallest absolute Gasteiger partial charge is 0.417 e. The number of fused-ring (bicyclic) bond motifs is 13. The SMILES string of the molecule is CC.CC.CC.CC.CC.CC.CC.CC.CC.CC.CC.CC.CC.O=c1[nH]c2ccccc2o1.O=c1ccc2ccccc2o1.c1ccc2[nH]cnc2c1.c1ccc2[nH]ncc2c1.c1ccc2c(c1)CCC2.c1ccc2c(c1)CCO2.c1ccc2c(c1)CN=N2.c1ccc2c(c1)NCO2.c1ccc2c(c1)OCO2.c1ccc2ncccc2c1.c1ccc2occc2c1.c1ccc2ocnc2c1.c1ccc2scnc2c1. The Morgan fingerprint density at radius 1 is 0.327 bits per heavy atom. The first-order valence-electron chi connectivity index (χ1n) is 52.0. The lowest BCUT2D eigenvalue weighted by molar-refractivity contribution is 0.174. The van der Waals surface area contributed by atoms with Crippen LogP contribution in [0.4, 0.5) is 11.4 Å². The van der Waals surface area contributed by atoms with Gasteiger partial charge in [-0.1, -0.05) is 392 Å². The van der Waals surface area contributed by atoms with Crippen LogP contribution in [-0.2, 0) is 25.8 Å². The molecule has 0 radical (unpaired) electrons. The number of nitrogens with one attached hydrogen (secondary N) is 4. The van der Waals surface area contributed by atoms with Gasteiger partial charge in [0.25, 0.3) is 0 Å². The number of nitrogens with zero attached hydrogens (tertiary/aromatic N) is 7. The Kier molecular flexibility index (Phi) is 75.4. The highest BCUT2D eigenvalue weighted by atomic mass is 32.1. The van der Waals surface area contributed by atoms with Gasteiger partial charge in [0.05, 0.1) is 86.6 Å². The first kappa shape index (κ1) is 129. The van der Waals surface area contributed by atoms with E-state index in [1.54, 1.807) is 59.3 Å². The molecule has 0 saturated heterocycles. The van der Waals surface area contributed by atoms with E-state index in [1.807, 2.05) is 459 Å². The van der Waals surface area contributed by atoms with E-state index in [1.165, 1.54) is 52.9 Å². The number of aryl methyl sites for hydroxylation is 2. The molecule has 22 heteroatoms. The van der Waals surface area contributed by atoms with Crippen LogP contribution < -0.4 is 35.6 Å². The van der Waals surface area contributed by atoms with Crippen molar-refractivity contribution in [2.75, 3.05) is 25.4 Å². The second-order valence-electron chi connectivity index (χ2n) is 26.6. The van der Waals surface area contributed by atoms with Gasteiger partial charge in [0.2, 0.25) is 6.79 Å². The van der Waals surface area contributed by atoms with Crippen molar-refractivity contribution in [3.63, 3.8) is 0 Å². The number of H-pyrrole nitrogens is 3. The molecule has 13 aromatic carbocycles. The molecular weight excluding hydrogens is 1850 g/mol. The third-order valence-electron chi connectivity index (χ3n) is 18.6. The summed E-state index contributed by atoms with van der Waals surface area (Å²) in [6.45, 7) is 54.6. The number of pyridine rings is 1. The number of hydrogen-bond acceptors (Lipinski definition) is 19. The zero-order valence-electron chi connectivity index (χ0n) is 91.7. The number of hydrogen-bond donors (Lipinski definition) is 4. The average molecular weight is 2010 g/mol. The second kappa shape index (κ2) is 85.7. The van der Waals surface area contributed by atoms with Crippen molar-refractivity contribution in [1.29, 1.82) is 0 Å². The quantitative estimate of drug-likeness (QED) is 0.103. The van der Waals surface area contributed by atoms with Gasteiger partial charge in [-0.05, 0) is 163 Å². The number of anilines is 1. The lowest BCUT2D eigenvalue weighted by atomic mass is 10.1. The van der Waals surface area contributed by atoms with Crippen LogP contribution >= 0.6 is 11.3 Å². The van der Waals surface area contributed by atoms with E-state index in [9.17, 15) is 9.59 Å². The first-order chi connectivity index (χ1) is 72.8. The second-order valence-corrected chi connectivity index (χ2v) is 27.5. The molecule has 4 aliphatic heterocycles. The highest BCUT2D eigenvalue weighted by Gasteiger charge is 2.12. The van der Waals surface area contributed by atoms with Crippen LogP contribution in [-0.4, -0.2) is 60.2 Å². The summed E-state index contributed by atoms with van der Waals surface area (Å²) in [4.78, 5) is 43.2. The molecule has 0 saturated carbocycles. The van der Waals surface area contributed by atoms with Gasteiger partial charge < -0.3 is 46.9 Å². The number of oxazole rings is 2. The molecule has 1 aliphatic carbocycles. The summed E-state index contributed by atoms with van der Waals surface area (Å²) in [5.41, 5.74) is 19.5. The molecule has 5 aliphatic rings. The van der Waals surface area contributed by atoms with E-state index >= 15 is 0 Å². The number of azo groups is 1. The number of ether oxygens (including phenoxy) is 4. The number of para-hydroxylation sites is 16. The molecule has 26 rings (SSSR count). The van der Waals surface area contributed by atoms with Gasteiger partial charge in [0.15, 0.2) is 35.8 Å². The zero-order chi connectivity index (χ0) is 109. The molecule has 21 nitrogen and oxygen atoms in total. The van der Waals surface area contributed by atoms with Crippen LogP contribution in [0.25, 0.3) is 87.2 Å². The van der Waals surface area contributed by atoms with Gasteiger partial charge in [-0.15, -0.1) is 11.3 Å². The predicted molar refractivity (Wildman–Crippen MR) is 628 cm³/mol. The monoisotopic (exact) mass is 2010 g/mol. The molecule has 0 amide bonds. The summed E-state index contributed by atoms with van der Waals surface area (Å²) in [5.74, 6) is 3.31. The van der Waals surface area contributed by atoms with Crippen LogP contribution in [0.15, 0.2) is 420 Å². The van der Waals surface area contributed by atoms with Gasteiger partial charge in [0, 0.05) is 45.8 Å². The van der Waals surface area contributed by atoms with Crippen LogP contribution in [0.5, 0.6) is 23.0 Å². The molecule has 147 heavy (non-hydrogen) atoms. The van der Waals surface area contributed by atoms with E-state index in [-0.39, 0.29) is 5.63 Å². The van der Waals surface area contributed by atoms with Crippen molar-refractivity contribution >= 4 is 110 Å². The molecule has 0 atom stereocenters. The number of benzene rings is 13. The number of imidazole rings is 1. The lowest BCUT2D eigenvalue weighted by Gasteiger charge is -1.93. The summed E-state index contributed by atoms with van der Waals surface area (Å²) >= 11 is 1.68. The molecular formula is C125H161N11O10S. The average Bonchev–Trinajstić information content (AvgIpc) is 1.70. The fourth-order valence-corrected chi connectivity index (χ4v) is 13.2. The van der Waals surface area contributed by atoms with E-state index in [4.69, 9.17) is 36.6 Å². The summed E-state index contributed by atoms with van der Waals surface area (Å²) in [5, 5.41) is 22.1. The highest BCUT2D eigenvalue weighted by molar-refractivity contribution is 7.16. The number of aromatic amines is 3. The number of furan rings is 1. The van der Waals surface area contributed by atoms with Crippen LogP contribution in [0, 0.1) is 0 Å². The van der Waals surface area contributed by atoms with Gasteiger partial charge >= 0.3 is 11.4 Å².